The van der Waals surface area contributed by atoms with E-state index in [0.717, 1.165) is 12.8 Å². The van der Waals surface area contributed by atoms with Crippen LogP contribution in [0.2, 0.25) is 0 Å². The average Bonchev–Trinajstić information content (AvgIpc) is 2.14. The zero-order valence-corrected chi connectivity index (χ0v) is 9.64. The molecular formula is C12H22O2. The Morgan fingerprint density at radius 3 is 2.29 bits per heavy atom. The molecule has 1 rings (SSSR count). The summed E-state index contributed by atoms with van der Waals surface area (Å²) in [5, 5.41) is 0. The van der Waals surface area contributed by atoms with Gasteiger partial charge in [0.2, 0.25) is 0 Å². The van der Waals surface area contributed by atoms with Gasteiger partial charge in [-0.2, -0.15) is 0 Å². The number of ether oxygens (including phenoxy) is 1. The summed E-state index contributed by atoms with van der Waals surface area (Å²) in [7, 11) is 0. The third kappa shape index (κ3) is 4.23. The lowest BCUT2D eigenvalue weighted by Gasteiger charge is -2.23. The van der Waals surface area contributed by atoms with E-state index >= 15 is 0 Å². The molecule has 2 heteroatoms. The summed E-state index contributed by atoms with van der Waals surface area (Å²) in [6.45, 7) is 6.26. The molecule has 0 amide bonds. The predicted octanol–water partition coefficient (Wildman–Crippen LogP) is 2.95. The van der Waals surface area contributed by atoms with E-state index in [1.54, 1.807) is 0 Å². The first kappa shape index (κ1) is 11.7. The first-order valence-corrected chi connectivity index (χ1v) is 5.66. The van der Waals surface area contributed by atoms with Crippen molar-refractivity contribution in [3.8, 4) is 0 Å². The van der Waals surface area contributed by atoms with Crippen molar-refractivity contribution in [2.24, 2.45) is 5.92 Å². The molecule has 0 bridgehead atoms. The molecule has 2 nitrogen and oxygen atoms in total. The second-order valence-corrected chi connectivity index (χ2v) is 5.20. The highest BCUT2D eigenvalue weighted by Crippen LogP contribution is 2.24. The maximum Gasteiger partial charge on any atom is 0.161 e. The van der Waals surface area contributed by atoms with Gasteiger partial charge in [0.05, 0.1) is 5.60 Å². The minimum Gasteiger partial charge on any atom is -0.368 e. The number of ketones is 1. The van der Waals surface area contributed by atoms with Crippen molar-refractivity contribution in [1.29, 1.82) is 0 Å². The highest BCUT2D eigenvalue weighted by Gasteiger charge is 2.22. The normalized spacial score (nSPS) is 19.6. The van der Waals surface area contributed by atoms with Gasteiger partial charge in [-0.1, -0.05) is 19.3 Å². The van der Waals surface area contributed by atoms with Crippen LogP contribution in [0, 0.1) is 5.92 Å². The van der Waals surface area contributed by atoms with Crippen molar-refractivity contribution >= 4 is 5.78 Å². The van der Waals surface area contributed by atoms with Crippen molar-refractivity contribution in [2.75, 3.05) is 6.61 Å². The monoisotopic (exact) mass is 198 g/mol. The molecule has 0 aromatic rings. The van der Waals surface area contributed by atoms with Crippen LogP contribution < -0.4 is 0 Å². The van der Waals surface area contributed by atoms with Crippen molar-refractivity contribution in [2.45, 2.75) is 58.5 Å². The zero-order valence-electron chi connectivity index (χ0n) is 9.64. The molecule has 0 atom stereocenters. The Hall–Kier alpha value is -0.370. The van der Waals surface area contributed by atoms with Gasteiger partial charge in [-0.3, -0.25) is 4.79 Å². The van der Waals surface area contributed by atoms with Crippen LogP contribution in [-0.2, 0) is 9.53 Å². The first-order valence-electron chi connectivity index (χ1n) is 5.66. The smallest absolute Gasteiger partial charge is 0.161 e. The van der Waals surface area contributed by atoms with Crippen molar-refractivity contribution < 1.29 is 9.53 Å². The largest absolute Gasteiger partial charge is 0.368 e. The summed E-state index contributed by atoms with van der Waals surface area (Å²) >= 11 is 0. The lowest BCUT2D eigenvalue weighted by atomic mass is 9.86. The van der Waals surface area contributed by atoms with E-state index in [2.05, 4.69) is 0 Å². The fourth-order valence-electron chi connectivity index (χ4n) is 1.83. The summed E-state index contributed by atoms with van der Waals surface area (Å²) in [5.41, 5.74) is -0.190. The number of Topliss-reactive ketones (excluding diaryl/α,β-unsaturated/α-hetero) is 1. The van der Waals surface area contributed by atoms with Crippen LogP contribution in [0.5, 0.6) is 0 Å². The Bertz CT molecular complexity index is 185. The molecule has 0 aliphatic heterocycles. The van der Waals surface area contributed by atoms with Gasteiger partial charge in [-0.15, -0.1) is 0 Å². The highest BCUT2D eigenvalue weighted by atomic mass is 16.5. The van der Waals surface area contributed by atoms with Crippen LogP contribution in [0.4, 0.5) is 0 Å². The van der Waals surface area contributed by atoms with E-state index in [-0.39, 0.29) is 11.5 Å². The van der Waals surface area contributed by atoms with E-state index in [4.69, 9.17) is 4.74 Å². The predicted molar refractivity (Wildman–Crippen MR) is 57.3 cm³/mol. The van der Waals surface area contributed by atoms with Gasteiger partial charge >= 0.3 is 0 Å². The lowest BCUT2D eigenvalue weighted by Crippen LogP contribution is -2.28. The molecule has 0 spiro atoms. The van der Waals surface area contributed by atoms with Crippen LogP contribution in [0.15, 0.2) is 0 Å². The van der Waals surface area contributed by atoms with Gasteiger partial charge in [0.1, 0.15) is 6.61 Å². The van der Waals surface area contributed by atoms with Crippen molar-refractivity contribution in [3.05, 3.63) is 0 Å². The standard InChI is InChI=1S/C12H22O2/c1-12(2,3)14-9-11(13)10-7-5-4-6-8-10/h10H,4-9H2,1-3H3. The van der Waals surface area contributed by atoms with Crippen LogP contribution in [0.3, 0.4) is 0 Å². The Labute approximate surface area is 87.0 Å². The summed E-state index contributed by atoms with van der Waals surface area (Å²) in [6, 6.07) is 0. The number of carbonyl (C=O) groups excluding carboxylic acids is 1. The maximum atomic E-state index is 11.7. The molecule has 82 valence electrons. The Morgan fingerprint density at radius 1 is 1.21 bits per heavy atom. The number of hydrogen-bond donors (Lipinski definition) is 0. The molecule has 1 fully saturated rings. The van der Waals surface area contributed by atoms with Crippen LogP contribution in [0.25, 0.3) is 0 Å². The van der Waals surface area contributed by atoms with Crippen LogP contribution >= 0.6 is 0 Å². The molecule has 0 saturated heterocycles. The third-order valence-corrected chi connectivity index (χ3v) is 2.71. The minimum absolute atomic E-state index is 0.190. The molecule has 1 aliphatic carbocycles. The molecule has 14 heavy (non-hydrogen) atoms. The fourth-order valence-corrected chi connectivity index (χ4v) is 1.83. The summed E-state index contributed by atoms with van der Waals surface area (Å²) in [5.74, 6) is 0.589. The van der Waals surface area contributed by atoms with Crippen LogP contribution in [0.1, 0.15) is 52.9 Å². The second-order valence-electron chi connectivity index (χ2n) is 5.20. The molecule has 0 aromatic carbocycles. The molecular weight excluding hydrogens is 176 g/mol. The van der Waals surface area contributed by atoms with Gasteiger partial charge in [-0.25, -0.2) is 0 Å². The van der Waals surface area contributed by atoms with Gasteiger partial charge in [0.15, 0.2) is 5.78 Å². The highest BCUT2D eigenvalue weighted by molar-refractivity contribution is 5.82. The number of hydrogen-bond acceptors (Lipinski definition) is 2. The Morgan fingerprint density at radius 2 is 1.79 bits per heavy atom. The maximum absolute atomic E-state index is 11.7. The SMILES string of the molecule is CC(C)(C)OCC(=O)C1CCCCC1. The fraction of sp³-hybridized carbons (Fsp3) is 0.917. The summed E-state index contributed by atoms with van der Waals surface area (Å²) in [6.07, 6.45) is 5.88. The zero-order chi connectivity index (χ0) is 10.6. The van der Waals surface area contributed by atoms with Gasteiger partial charge in [0, 0.05) is 5.92 Å². The quantitative estimate of drug-likeness (QED) is 0.697. The van der Waals surface area contributed by atoms with E-state index in [1.807, 2.05) is 20.8 Å². The van der Waals surface area contributed by atoms with Gasteiger partial charge in [0.25, 0.3) is 0 Å². The molecule has 0 N–H and O–H groups in total. The minimum atomic E-state index is -0.190. The Kier molecular flexibility index (Phi) is 4.11. The molecule has 0 heterocycles. The van der Waals surface area contributed by atoms with Crippen molar-refractivity contribution in [1.82, 2.24) is 0 Å². The molecule has 0 aromatic heterocycles. The second kappa shape index (κ2) is 4.92. The number of carbonyl (C=O) groups is 1. The lowest BCUT2D eigenvalue weighted by molar-refractivity contribution is -0.133. The third-order valence-electron chi connectivity index (χ3n) is 2.71. The topological polar surface area (TPSA) is 26.3 Å². The molecule has 1 aliphatic rings. The average molecular weight is 198 g/mol. The van der Waals surface area contributed by atoms with E-state index in [1.165, 1.54) is 19.3 Å². The van der Waals surface area contributed by atoms with Gasteiger partial charge in [-0.05, 0) is 33.6 Å². The van der Waals surface area contributed by atoms with E-state index < -0.39 is 0 Å². The first-order chi connectivity index (χ1) is 6.49. The molecule has 1 saturated carbocycles. The van der Waals surface area contributed by atoms with E-state index in [0.29, 0.717) is 12.4 Å². The van der Waals surface area contributed by atoms with Crippen molar-refractivity contribution in [3.63, 3.8) is 0 Å². The van der Waals surface area contributed by atoms with E-state index in [9.17, 15) is 4.79 Å². The van der Waals surface area contributed by atoms with Crippen LogP contribution in [-0.4, -0.2) is 18.0 Å². The summed E-state index contributed by atoms with van der Waals surface area (Å²) in [4.78, 5) is 11.7. The molecule has 0 unspecified atom stereocenters. The Balaban J connectivity index is 2.27. The number of rotatable bonds is 3. The van der Waals surface area contributed by atoms with Gasteiger partial charge < -0.3 is 4.74 Å². The summed E-state index contributed by atoms with van der Waals surface area (Å²) < 4.78 is 5.49. The molecule has 0 radical (unpaired) electrons.